The molecule has 0 bridgehead atoms. The van der Waals surface area contributed by atoms with Gasteiger partial charge >= 0.3 is 0 Å². The molecule has 100 valence electrons. The predicted molar refractivity (Wildman–Crippen MR) is 72.0 cm³/mol. The molecule has 0 aliphatic carbocycles. The Hall–Kier alpha value is -0.340. The van der Waals surface area contributed by atoms with E-state index in [1.807, 2.05) is 6.92 Å². The molecule has 0 aromatic carbocycles. The van der Waals surface area contributed by atoms with Gasteiger partial charge in [-0.2, -0.15) is 0 Å². The molecule has 2 heteroatoms. The Balaban J connectivity index is 2.14. The van der Waals surface area contributed by atoms with Gasteiger partial charge in [0.1, 0.15) is 0 Å². The highest BCUT2D eigenvalue weighted by Gasteiger charge is 2.29. The van der Waals surface area contributed by atoms with E-state index in [-0.39, 0.29) is 5.79 Å². The second-order valence-corrected chi connectivity index (χ2v) is 5.71. The van der Waals surface area contributed by atoms with E-state index < -0.39 is 0 Å². The van der Waals surface area contributed by atoms with E-state index in [1.54, 1.807) is 0 Å². The number of allylic oxidation sites excluding steroid dienone is 2. The Labute approximate surface area is 106 Å². The van der Waals surface area contributed by atoms with Crippen LogP contribution in [-0.2, 0) is 9.47 Å². The van der Waals surface area contributed by atoms with Crippen LogP contribution in [0.4, 0.5) is 0 Å². The molecule has 0 radical (unpaired) electrons. The minimum atomic E-state index is -0.325. The summed E-state index contributed by atoms with van der Waals surface area (Å²) in [6.07, 6.45) is 8.24. The minimum Gasteiger partial charge on any atom is -0.348 e. The Kier molecular flexibility index (Phi) is 6.21. The van der Waals surface area contributed by atoms with E-state index in [0.29, 0.717) is 0 Å². The summed E-state index contributed by atoms with van der Waals surface area (Å²) in [5, 5.41) is 0. The van der Waals surface area contributed by atoms with Gasteiger partial charge in [0.15, 0.2) is 5.79 Å². The van der Waals surface area contributed by atoms with Gasteiger partial charge in [-0.3, -0.25) is 0 Å². The summed E-state index contributed by atoms with van der Waals surface area (Å²) in [5.41, 5.74) is 1.51. The van der Waals surface area contributed by atoms with E-state index in [4.69, 9.17) is 9.47 Å². The van der Waals surface area contributed by atoms with E-state index in [9.17, 15) is 0 Å². The first-order valence-electron chi connectivity index (χ1n) is 6.95. The van der Waals surface area contributed by atoms with Crippen LogP contribution < -0.4 is 0 Å². The smallest absolute Gasteiger partial charge is 0.166 e. The summed E-state index contributed by atoms with van der Waals surface area (Å²) in [6.45, 7) is 10.3. The van der Waals surface area contributed by atoms with Crippen LogP contribution in [0.5, 0.6) is 0 Å². The quantitative estimate of drug-likeness (QED) is 0.618. The van der Waals surface area contributed by atoms with Crippen LogP contribution in [0.15, 0.2) is 11.6 Å². The molecule has 0 unspecified atom stereocenters. The molecule has 1 fully saturated rings. The third-order valence-corrected chi connectivity index (χ3v) is 3.34. The summed E-state index contributed by atoms with van der Waals surface area (Å²) in [7, 11) is 0. The second-order valence-electron chi connectivity index (χ2n) is 5.71. The van der Waals surface area contributed by atoms with Crippen molar-refractivity contribution in [3.8, 4) is 0 Å². The first kappa shape index (κ1) is 14.7. The average molecular weight is 240 g/mol. The van der Waals surface area contributed by atoms with Crippen molar-refractivity contribution in [3.05, 3.63) is 11.6 Å². The molecular weight excluding hydrogens is 212 g/mol. The Bertz CT molecular complexity index is 237. The Morgan fingerprint density at radius 3 is 2.53 bits per heavy atom. The summed E-state index contributed by atoms with van der Waals surface area (Å²) in [6, 6.07) is 0. The van der Waals surface area contributed by atoms with Gasteiger partial charge in [-0.05, 0) is 39.0 Å². The highest BCUT2D eigenvalue weighted by atomic mass is 16.7. The lowest BCUT2D eigenvalue weighted by Gasteiger charge is -2.21. The van der Waals surface area contributed by atoms with Gasteiger partial charge < -0.3 is 9.47 Å². The second kappa shape index (κ2) is 7.17. The lowest BCUT2D eigenvalue weighted by molar-refractivity contribution is -0.145. The lowest BCUT2D eigenvalue weighted by atomic mass is 10.0. The van der Waals surface area contributed by atoms with Crippen molar-refractivity contribution < 1.29 is 9.47 Å². The van der Waals surface area contributed by atoms with Crippen molar-refractivity contribution in [1.29, 1.82) is 0 Å². The van der Waals surface area contributed by atoms with Gasteiger partial charge in [-0.1, -0.05) is 31.9 Å². The SMILES string of the molecule is CC(=CCCC1(C)OCCO1)CCCC(C)C. The third kappa shape index (κ3) is 6.23. The zero-order valence-electron chi connectivity index (χ0n) is 11.9. The highest BCUT2D eigenvalue weighted by Crippen LogP contribution is 2.24. The molecule has 0 saturated carbocycles. The van der Waals surface area contributed by atoms with Crippen LogP contribution in [-0.4, -0.2) is 19.0 Å². The number of hydrogen-bond donors (Lipinski definition) is 0. The van der Waals surface area contributed by atoms with Crippen molar-refractivity contribution in [2.75, 3.05) is 13.2 Å². The number of hydrogen-bond acceptors (Lipinski definition) is 2. The van der Waals surface area contributed by atoms with Crippen molar-refractivity contribution >= 4 is 0 Å². The fourth-order valence-corrected chi connectivity index (χ4v) is 2.17. The zero-order chi connectivity index (χ0) is 12.7. The summed E-state index contributed by atoms with van der Waals surface area (Å²) in [4.78, 5) is 0. The molecular formula is C15H28O2. The maximum absolute atomic E-state index is 5.58. The molecule has 0 aromatic rings. The highest BCUT2D eigenvalue weighted by molar-refractivity contribution is 4.98. The normalized spacial score (nSPS) is 20.2. The molecule has 0 atom stereocenters. The Morgan fingerprint density at radius 2 is 1.94 bits per heavy atom. The van der Waals surface area contributed by atoms with Crippen LogP contribution >= 0.6 is 0 Å². The lowest BCUT2D eigenvalue weighted by Crippen LogP contribution is -2.24. The van der Waals surface area contributed by atoms with Gasteiger partial charge in [0.25, 0.3) is 0 Å². The van der Waals surface area contributed by atoms with Crippen LogP contribution in [0.3, 0.4) is 0 Å². The maximum Gasteiger partial charge on any atom is 0.166 e. The van der Waals surface area contributed by atoms with Crippen molar-refractivity contribution in [1.82, 2.24) is 0 Å². The van der Waals surface area contributed by atoms with Crippen LogP contribution in [0.1, 0.15) is 59.8 Å². The molecule has 0 amide bonds. The largest absolute Gasteiger partial charge is 0.348 e. The van der Waals surface area contributed by atoms with E-state index in [2.05, 4.69) is 26.8 Å². The first-order chi connectivity index (χ1) is 8.02. The van der Waals surface area contributed by atoms with Crippen molar-refractivity contribution in [2.45, 2.75) is 65.6 Å². The fraction of sp³-hybridized carbons (Fsp3) is 0.867. The molecule has 1 rings (SSSR count). The molecule has 1 heterocycles. The van der Waals surface area contributed by atoms with Crippen molar-refractivity contribution in [3.63, 3.8) is 0 Å². The summed E-state index contributed by atoms with van der Waals surface area (Å²) >= 11 is 0. The topological polar surface area (TPSA) is 18.5 Å². The van der Waals surface area contributed by atoms with E-state index in [0.717, 1.165) is 32.0 Å². The number of rotatable bonds is 7. The van der Waals surface area contributed by atoms with Gasteiger partial charge in [-0.25, -0.2) is 0 Å². The summed E-state index contributed by atoms with van der Waals surface area (Å²) in [5.74, 6) is 0.497. The minimum absolute atomic E-state index is 0.325. The predicted octanol–water partition coefficient (Wildman–Crippen LogP) is 4.30. The van der Waals surface area contributed by atoms with Crippen LogP contribution in [0, 0.1) is 5.92 Å². The van der Waals surface area contributed by atoms with Crippen LogP contribution in [0.25, 0.3) is 0 Å². The molecule has 1 saturated heterocycles. The summed E-state index contributed by atoms with van der Waals surface area (Å²) < 4.78 is 11.2. The van der Waals surface area contributed by atoms with Crippen molar-refractivity contribution in [2.24, 2.45) is 5.92 Å². The monoisotopic (exact) mass is 240 g/mol. The molecule has 1 aliphatic heterocycles. The average Bonchev–Trinajstić information content (AvgIpc) is 2.65. The first-order valence-corrected chi connectivity index (χ1v) is 6.95. The van der Waals surface area contributed by atoms with Gasteiger partial charge in [0, 0.05) is 6.42 Å². The Morgan fingerprint density at radius 1 is 1.29 bits per heavy atom. The van der Waals surface area contributed by atoms with Crippen LogP contribution in [0.2, 0.25) is 0 Å². The zero-order valence-corrected chi connectivity index (χ0v) is 11.9. The number of ether oxygens (including phenoxy) is 2. The molecule has 1 aliphatic rings. The third-order valence-electron chi connectivity index (χ3n) is 3.34. The fourth-order valence-electron chi connectivity index (χ4n) is 2.17. The molecule has 0 N–H and O–H groups in total. The van der Waals surface area contributed by atoms with Gasteiger partial charge in [-0.15, -0.1) is 0 Å². The maximum atomic E-state index is 5.58. The van der Waals surface area contributed by atoms with Gasteiger partial charge in [0.05, 0.1) is 13.2 Å². The molecule has 0 aromatic heterocycles. The standard InChI is InChI=1S/C15H28O2/c1-13(2)7-5-8-14(3)9-6-10-15(4)16-11-12-17-15/h9,13H,5-8,10-12H2,1-4H3. The molecule has 0 spiro atoms. The molecule has 2 nitrogen and oxygen atoms in total. The van der Waals surface area contributed by atoms with E-state index in [1.165, 1.54) is 24.8 Å². The van der Waals surface area contributed by atoms with E-state index >= 15 is 0 Å². The molecule has 17 heavy (non-hydrogen) atoms. The van der Waals surface area contributed by atoms with Gasteiger partial charge in [0.2, 0.25) is 0 Å².